The van der Waals surface area contributed by atoms with Crippen molar-refractivity contribution in [3.05, 3.63) is 24.2 Å². The number of furan rings is 1. The van der Waals surface area contributed by atoms with E-state index in [0.717, 1.165) is 5.06 Å². The molecular formula is C8H9NO4. The van der Waals surface area contributed by atoms with Crippen molar-refractivity contribution in [2.24, 2.45) is 0 Å². The van der Waals surface area contributed by atoms with E-state index in [1.54, 1.807) is 6.07 Å². The Bertz CT molecular complexity index is 295. The van der Waals surface area contributed by atoms with Crippen LogP contribution >= 0.6 is 0 Å². The Kier molecular flexibility index (Phi) is 2.03. The molecule has 1 aliphatic heterocycles. The molecule has 0 bridgehead atoms. The van der Waals surface area contributed by atoms with Gasteiger partial charge in [0.05, 0.1) is 18.4 Å². The normalized spacial score (nSPS) is 22.2. The van der Waals surface area contributed by atoms with Crippen molar-refractivity contribution in [3.63, 3.8) is 0 Å². The first-order valence-electron chi connectivity index (χ1n) is 3.92. The summed E-state index contributed by atoms with van der Waals surface area (Å²) in [6.07, 6.45) is 2.17. The van der Waals surface area contributed by atoms with Gasteiger partial charge in [-0.3, -0.25) is 9.63 Å². The minimum absolute atomic E-state index is 0.170. The van der Waals surface area contributed by atoms with Crippen LogP contribution < -0.4 is 0 Å². The second-order valence-corrected chi connectivity index (χ2v) is 2.83. The lowest BCUT2D eigenvalue weighted by atomic mass is 10.3. The lowest BCUT2D eigenvalue weighted by Crippen LogP contribution is -2.28. The average Bonchev–Trinajstić information content (AvgIpc) is 2.72. The molecular weight excluding hydrogens is 174 g/mol. The molecule has 1 aliphatic rings. The summed E-state index contributed by atoms with van der Waals surface area (Å²) in [4.78, 5) is 16.4. The molecule has 0 aromatic carbocycles. The number of aliphatic hydroxyl groups is 1. The lowest BCUT2D eigenvalue weighted by molar-refractivity contribution is -0.0780. The third kappa shape index (κ3) is 1.56. The SMILES string of the molecule is O=C(c1ccoc1)N1CC(O)CO1. The van der Waals surface area contributed by atoms with E-state index >= 15 is 0 Å². The van der Waals surface area contributed by atoms with Gasteiger partial charge in [-0.2, -0.15) is 0 Å². The van der Waals surface area contributed by atoms with E-state index in [4.69, 9.17) is 14.4 Å². The Morgan fingerprint density at radius 1 is 1.69 bits per heavy atom. The van der Waals surface area contributed by atoms with Crippen LogP contribution in [0.4, 0.5) is 0 Å². The van der Waals surface area contributed by atoms with Gasteiger partial charge in [-0.15, -0.1) is 0 Å². The fraction of sp³-hybridized carbons (Fsp3) is 0.375. The highest BCUT2D eigenvalue weighted by molar-refractivity contribution is 5.93. The first-order valence-corrected chi connectivity index (χ1v) is 3.92. The topological polar surface area (TPSA) is 62.9 Å². The third-order valence-electron chi connectivity index (χ3n) is 1.79. The van der Waals surface area contributed by atoms with Gasteiger partial charge in [-0.1, -0.05) is 0 Å². The molecule has 0 aliphatic carbocycles. The van der Waals surface area contributed by atoms with Gasteiger partial charge in [0.1, 0.15) is 19.0 Å². The largest absolute Gasteiger partial charge is 0.472 e. The number of rotatable bonds is 1. The quantitative estimate of drug-likeness (QED) is 0.667. The fourth-order valence-corrected chi connectivity index (χ4v) is 1.14. The predicted octanol–water partition coefficient (Wildman–Crippen LogP) is 0.0279. The Morgan fingerprint density at radius 3 is 3.08 bits per heavy atom. The Labute approximate surface area is 74.5 Å². The van der Waals surface area contributed by atoms with E-state index in [0.29, 0.717) is 5.56 Å². The Hall–Kier alpha value is -1.33. The molecule has 2 heterocycles. The van der Waals surface area contributed by atoms with Crippen LogP contribution in [0.1, 0.15) is 10.4 Å². The number of nitrogens with zero attached hydrogens (tertiary/aromatic N) is 1. The summed E-state index contributed by atoms with van der Waals surface area (Å²) in [6.45, 7) is 0.383. The molecule has 2 rings (SSSR count). The number of carbonyl (C=O) groups excluding carboxylic acids is 1. The maximum absolute atomic E-state index is 11.5. The van der Waals surface area contributed by atoms with Crippen LogP contribution in [0.3, 0.4) is 0 Å². The lowest BCUT2D eigenvalue weighted by Gasteiger charge is -2.11. The highest BCUT2D eigenvalue weighted by atomic mass is 16.7. The number of aliphatic hydroxyl groups excluding tert-OH is 1. The molecule has 0 spiro atoms. The summed E-state index contributed by atoms with van der Waals surface area (Å²) in [7, 11) is 0. The van der Waals surface area contributed by atoms with E-state index in [2.05, 4.69) is 0 Å². The van der Waals surface area contributed by atoms with Crippen molar-refractivity contribution in [3.8, 4) is 0 Å². The number of β-amino-alcohol motifs (C(OH)–C–C–N with tert-alkyl or cyclic N) is 1. The Morgan fingerprint density at radius 2 is 2.54 bits per heavy atom. The van der Waals surface area contributed by atoms with Crippen LogP contribution in [-0.4, -0.2) is 35.3 Å². The maximum Gasteiger partial charge on any atom is 0.280 e. The number of hydroxylamine groups is 2. The molecule has 1 N–H and O–H groups in total. The third-order valence-corrected chi connectivity index (χ3v) is 1.79. The van der Waals surface area contributed by atoms with Crippen LogP contribution in [-0.2, 0) is 4.84 Å². The van der Waals surface area contributed by atoms with E-state index in [9.17, 15) is 4.79 Å². The van der Waals surface area contributed by atoms with Crippen molar-refractivity contribution in [1.82, 2.24) is 5.06 Å². The molecule has 70 valence electrons. The summed E-state index contributed by atoms with van der Waals surface area (Å²) in [6, 6.07) is 1.55. The zero-order chi connectivity index (χ0) is 9.26. The summed E-state index contributed by atoms with van der Waals surface area (Å²) < 4.78 is 4.76. The van der Waals surface area contributed by atoms with Crippen LogP contribution in [0.25, 0.3) is 0 Å². The predicted molar refractivity (Wildman–Crippen MR) is 41.7 cm³/mol. The van der Waals surface area contributed by atoms with Gasteiger partial charge in [-0.05, 0) is 6.07 Å². The van der Waals surface area contributed by atoms with Gasteiger partial charge in [0.25, 0.3) is 5.91 Å². The molecule has 1 saturated heterocycles. The first kappa shape index (κ1) is 8.28. The van der Waals surface area contributed by atoms with Gasteiger partial charge >= 0.3 is 0 Å². The highest BCUT2D eigenvalue weighted by Gasteiger charge is 2.27. The van der Waals surface area contributed by atoms with Crippen LogP contribution in [0, 0.1) is 0 Å². The van der Waals surface area contributed by atoms with Gasteiger partial charge in [0.15, 0.2) is 0 Å². The molecule has 0 saturated carbocycles. The molecule has 5 nitrogen and oxygen atoms in total. The van der Waals surface area contributed by atoms with Crippen LogP contribution in [0.15, 0.2) is 23.0 Å². The minimum atomic E-state index is -0.587. The van der Waals surface area contributed by atoms with Gasteiger partial charge in [-0.25, -0.2) is 5.06 Å². The monoisotopic (exact) mass is 183 g/mol. The summed E-state index contributed by atoms with van der Waals surface area (Å²) >= 11 is 0. The second kappa shape index (κ2) is 3.20. The smallest absolute Gasteiger partial charge is 0.280 e. The van der Waals surface area contributed by atoms with Gasteiger partial charge < -0.3 is 9.52 Å². The summed E-state index contributed by atoms with van der Waals surface area (Å²) in [5, 5.41) is 10.2. The van der Waals surface area contributed by atoms with Gasteiger partial charge in [0.2, 0.25) is 0 Å². The van der Waals surface area contributed by atoms with Crippen molar-refractivity contribution >= 4 is 5.91 Å². The molecule has 1 fully saturated rings. The average molecular weight is 183 g/mol. The van der Waals surface area contributed by atoms with E-state index < -0.39 is 6.10 Å². The van der Waals surface area contributed by atoms with E-state index in [1.807, 2.05) is 0 Å². The number of hydrogen-bond donors (Lipinski definition) is 1. The molecule has 0 radical (unpaired) electrons. The molecule has 1 amide bonds. The molecule has 1 atom stereocenters. The molecule has 13 heavy (non-hydrogen) atoms. The molecule has 1 aromatic heterocycles. The molecule has 1 unspecified atom stereocenters. The summed E-state index contributed by atoms with van der Waals surface area (Å²) in [5.41, 5.74) is 0.425. The highest BCUT2D eigenvalue weighted by Crippen LogP contribution is 2.11. The zero-order valence-electron chi connectivity index (χ0n) is 6.84. The van der Waals surface area contributed by atoms with Crippen LogP contribution in [0.2, 0.25) is 0 Å². The summed E-state index contributed by atoms with van der Waals surface area (Å²) in [5.74, 6) is -0.287. The molecule has 1 aromatic rings. The van der Waals surface area contributed by atoms with Crippen molar-refractivity contribution in [1.29, 1.82) is 0 Å². The zero-order valence-corrected chi connectivity index (χ0v) is 6.84. The van der Waals surface area contributed by atoms with Crippen molar-refractivity contribution in [2.75, 3.05) is 13.2 Å². The van der Waals surface area contributed by atoms with Gasteiger partial charge in [0, 0.05) is 0 Å². The van der Waals surface area contributed by atoms with E-state index in [-0.39, 0.29) is 19.1 Å². The van der Waals surface area contributed by atoms with Crippen LogP contribution in [0.5, 0.6) is 0 Å². The van der Waals surface area contributed by atoms with Crippen molar-refractivity contribution < 1.29 is 19.2 Å². The second-order valence-electron chi connectivity index (χ2n) is 2.83. The fourth-order valence-electron chi connectivity index (χ4n) is 1.14. The van der Waals surface area contributed by atoms with E-state index in [1.165, 1.54) is 12.5 Å². The number of hydrogen-bond acceptors (Lipinski definition) is 4. The first-order chi connectivity index (χ1) is 6.27. The molecule has 5 heteroatoms. The number of carbonyl (C=O) groups is 1. The minimum Gasteiger partial charge on any atom is -0.472 e. The maximum atomic E-state index is 11.5. The Balaban J connectivity index is 2.06. The standard InChI is InChI=1S/C8H9NO4/c10-7-3-9(13-5-7)8(11)6-1-2-12-4-6/h1-2,4,7,10H,3,5H2. The van der Waals surface area contributed by atoms with Crippen molar-refractivity contribution in [2.45, 2.75) is 6.10 Å². The number of amides is 1.